The Balaban J connectivity index is 1.16. The number of benzene rings is 2. The Bertz CT molecular complexity index is 1750. The fourth-order valence-corrected chi connectivity index (χ4v) is 11.8. The van der Waals surface area contributed by atoms with E-state index < -0.39 is 16.6 Å². The van der Waals surface area contributed by atoms with Crippen LogP contribution in [-0.4, -0.2) is 123 Å². The minimum atomic E-state index is -1.62. The van der Waals surface area contributed by atoms with E-state index in [1.165, 1.54) is 11.1 Å². The minimum Gasteiger partial charge on any atom is -0.490 e. The molecule has 8 rings (SSSR count). The van der Waals surface area contributed by atoms with E-state index in [2.05, 4.69) is 50.6 Å². The summed E-state index contributed by atoms with van der Waals surface area (Å²) in [6.07, 6.45) is 11.2. The zero-order chi connectivity index (χ0) is 38.2. The van der Waals surface area contributed by atoms with E-state index in [0.717, 1.165) is 114 Å². The molecule has 10 nitrogen and oxygen atoms in total. The lowest BCUT2D eigenvalue weighted by Gasteiger charge is -2.52. The van der Waals surface area contributed by atoms with E-state index in [1.54, 1.807) is 7.11 Å². The van der Waals surface area contributed by atoms with E-state index in [0.29, 0.717) is 43.1 Å². The van der Waals surface area contributed by atoms with Crippen LogP contribution >= 0.6 is 11.6 Å². The van der Waals surface area contributed by atoms with E-state index in [-0.39, 0.29) is 22.5 Å². The van der Waals surface area contributed by atoms with Crippen LogP contribution in [0.4, 0.5) is 5.69 Å². The fraction of sp³-hybridized carbons (Fsp3) is 0.651. The van der Waals surface area contributed by atoms with E-state index in [1.807, 2.05) is 31.4 Å². The molecule has 7 atom stereocenters. The number of halogens is 1. The molecule has 0 radical (unpaired) electrons. The van der Waals surface area contributed by atoms with Gasteiger partial charge in [0.2, 0.25) is 0 Å². The minimum absolute atomic E-state index is 0.0424. The number of rotatable bonds is 7. The summed E-state index contributed by atoms with van der Waals surface area (Å²) in [5.41, 5.74) is 3.33. The summed E-state index contributed by atoms with van der Waals surface area (Å²) >= 11 is 6.54. The Morgan fingerprint density at radius 1 is 1.07 bits per heavy atom. The van der Waals surface area contributed by atoms with Crippen LogP contribution in [0, 0.1) is 17.8 Å². The van der Waals surface area contributed by atoms with Crippen LogP contribution in [0.1, 0.15) is 66.9 Å². The molecule has 1 amide bonds. The summed E-state index contributed by atoms with van der Waals surface area (Å²) in [6, 6.07) is 12.6. The van der Waals surface area contributed by atoms with Crippen molar-refractivity contribution in [2.45, 2.75) is 74.2 Å². The molecule has 1 N–H and O–H groups in total. The van der Waals surface area contributed by atoms with Crippen LogP contribution in [0.15, 0.2) is 48.6 Å². The molecule has 2 saturated heterocycles. The van der Waals surface area contributed by atoms with Gasteiger partial charge in [0.15, 0.2) is 0 Å². The molecule has 1 spiro atoms. The third-order valence-electron chi connectivity index (χ3n) is 13.8. The normalized spacial score (nSPS) is 34.0. The standard InChI is InChI=1S/C43H59ClN4O6S/c1-30-6-4-16-43(52-3,28-46-17-19-47(20-18-46)35-25-53-26-35)37-11-8-33(37)24-48-27-42(15-5-7-31-22-34(44)10-12-36(31)42)29-54-39-13-9-32(23-38(39)48)41(49)45-55(50)40(30)14-21-51-2/h4,9-10,12-13,16,22-23,30,33,35,37,40H,5-8,11,14-15,17-21,24-29H2,1-3H3,(H,45,49)/b16-4+/t30?,33?,37?,40?,42-,43-,55?/m0/s1. The average molecular weight is 795 g/mol. The van der Waals surface area contributed by atoms with Crippen molar-refractivity contribution in [3.8, 4) is 5.75 Å². The molecule has 1 saturated carbocycles. The Hall–Kier alpha value is -2.51. The van der Waals surface area contributed by atoms with E-state index in [9.17, 15) is 9.00 Å². The van der Waals surface area contributed by atoms with Gasteiger partial charge in [0.25, 0.3) is 5.91 Å². The molecule has 55 heavy (non-hydrogen) atoms. The van der Waals surface area contributed by atoms with Gasteiger partial charge in [-0.25, -0.2) is 4.21 Å². The topological polar surface area (TPSA) is 92.8 Å². The molecular formula is C43H59ClN4O6S. The average Bonchev–Trinajstić information content (AvgIpc) is 3.29. The number of methoxy groups -OCH3 is 2. The van der Waals surface area contributed by atoms with Crippen molar-refractivity contribution in [1.29, 1.82) is 0 Å². The molecule has 4 heterocycles. The van der Waals surface area contributed by atoms with Gasteiger partial charge in [-0.2, -0.15) is 0 Å². The summed E-state index contributed by atoms with van der Waals surface area (Å²) in [4.78, 5) is 21.6. The van der Waals surface area contributed by atoms with Crippen molar-refractivity contribution in [3.63, 3.8) is 0 Å². The molecule has 2 aromatic carbocycles. The van der Waals surface area contributed by atoms with Gasteiger partial charge < -0.3 is 23.8 Å². The molecule has 2 aromatic rings. The van der Waals surface area contributed by atoms with Crippen LogP contribution < -0.4 is 14.4 Å². The van der Waals surface area contributed by atoms with Gasteiger partial charge in [-0.3, -0.25) is 19.3 Å². The van der Waals surface area contributed by atoms with Gasteiger partial charge in [0.05, 0.1) is 36.8 Å². The van der Waals surface area contributed by atoms with Crippen molar-refractivity contribution in [3.05, 3.63) is 70.3 Å². The van der Waals surface area contributed by atoms with Gasteiger partial charge in [-0.05, 0) is 104 Å². The third-order valence-corrected chi connectivity index (χ3v) is 15.7. The first-order chi connectivity index (χ1) is 26.7. The summed E-state index contributed by atoms with van der Waals surface area (Å²) < 4.78 is 41.4. The number of allylic oxidation sites excluding steroid dienone is 1. The number of carbonyl (C=O) groups is 1. The number of ether oxygens (including phenoxy) is 4. The number of aryl methyl sites for hydroxylation is 1. The zero-order valence-corrected chi connectivity index (χ0v) is 34.4. The number of nitrogens with one attached hydrogen (secondary N) is 1. The molecule has 2 bridgehead atoms. The highest BCUT2D eigenvalue weighted by molar-refractivity contribution is 7.84. The lowest BCUT2D eigenvalue weighted by molar-refractivity contribution is -0.107. The smallest absolute Gasteiger partial charge is 0.263 e. The highest BCUT2D eigenvalue weighted by atomic mass is 35.5. The monoisotopic (exact) mass is 794 g/mol. The fourth-order valence-electron chi connectivity index (χ4n) is 10.3. The van der Waals surface area contributed by atoms with Crippen molar-refractivity contribution < 1.29 is 28.0 Å². The first-order valence-corrected chi connectivity index (χ1v) is 22.1. The maximum atomic E-state index is 14.0. The number of hydrogen-bond acceptors (Lipinski definition) is 9. The van der Waals surface area contributed by atoms with Crippen molar-refractivity contribution >= 4 is 34.2 Å². The van der Waals surface area contributed by atoms with Gasteiger partial charge in [0, 0.05) is 82.6 Å². The van der Waals surface area contributed by atoms with Crippen LogP contribution in [0.25, 0.3) is 0 Å². The number of carbonyl (C=O) groups excluding carboxylic acids is 1. The van der Waals surface area contributed by atoms with E-state index in [4.69, 9.17) is 30.5 Å². The van der Waals surface area contributed by atoms with Gasteiger partial charge in [-0.1, -0.05) is 36.7 Å². The van der Waals surface area contributed by atoms with Crippen LogP contribution in [0.3, 0.4) is 0 Å². The number of piperazine rings is 1. The van der Waals surface area contributed by atoms with Gasteiger partial charge >= 0.3 is 0 Å². The van der Waals surface area contributed by atoms with Gasteiger partial charge in [-0.15, -0.1) is 0 Å². The molecule has 4 aliphatic heterocycles. The second-order valence-corrected chi connectivity index (χ2v) is 18.9. The highest BCUT2D eigenvalue weighted by Gasteiger charge is 2.50. The van der Waals surface area contributed by atoms with Crippen molar-refractivity contribution in [1.82, 2.24) is 14.5 Å². The molecule has 3 fully saturated rings. The number of nitrogens with zero attached hydrogens (tertiary/aromatic N) is 3. The van der Waals surface area contributed by atoms with Crippen LogP contribution in [0.5, 0.6) is 5.75 Å². The summed E-state index contributed by atoms with van der Waals surface area (Å²) in [7, 11) is 1.95. The number of amides is 1. The number of fused-ring (bicyclic) bond motifs is 4. The lowest BCUT2D eigenvalue weighted by atomic mass is 9.63. The Labute approximate surface area is 334 Å². The van der Waals surface area contributed by atoms with Gasteiger partial charge in [0.1, 0.15) is 22.3 Å². The third kappa shape index (κ3) is 8.01. The predicted octanol–water partition coefficient (Wildman–Crippen LogP) is 5.64. The molecular weight excluding hydrogens is 736 g/mol. The molecule has 6 aliphatic rings. The Kier molecular flexibility index (Phi) is 12.0. The van der Waals surface area contributed by atoms with Crippen LogP contribution in [-0.2, 0) is 37.0 Å². The maximum absolute atomic E-state index is 14.0. The summed E-state index contributed by atoms with van der Waals surface area (Å²) in [5.74, 6) is 1.17. The Morgan fingerprint density at radius 3 is 2.64 bits per heavy atom. The molecule has 12 heteroatoms. The second kappa shape index (κ2) is 16.8. The first-order valence-electron chi connectivity index (χ1n) is 20.5. The molecule has 5 unspecified atom stereocenters. The molecule has 300 valence electrons. The maximum Gasteiger partial charge on any atom is 0.263 e. The highest BCUT2D eigenvalue weighted by Crippen LogP contribution is 2.49. The summed E-state index contributed by atoms with van der Waals surface area (Å²) in [5, 5.41) is 0.490. The largest absolute Gasteiger partial charge is 0.490 e. The van der Waals surface area contributed by atoms with Crippen LogP contribution in [0.2, 0.25) is 5.02 Å². The summed E-state index contributed by atoms with van der Waals surface area (Å²) in [6.45, 7) is 11.4. The molecule has 2 aliphatic carbocycles. The predicted molar refractivity (Wildman–Crippen MR) is 218 cm³/mol. The Morgan fingerprint density at radius 2 is 1.91 bits per heavy atom. The lowest BCUT2D eigenvalue weighted by Crippen LogP contribution is -2.61. The number of hydrogen-bond donors (Lipinski definition) is 1. The first kappa shape index (κ1) is 39.3. The van der Waals surface area contributed by atoms with E-state index >= 15 is 0 Å². The number of anilines is 1. The van der Waals surface area contributed by atoms with Crippen molar-refractivity contribution in [2.75, 3.05) is 91.4 Å². The molecule has 0 aromatic heterocycles. The quantitative estimate of drug-likeness (QED) is 0.358. The second-order valence-electron chi connectivity index (χ2n) is 17.1. The van der Waals surface area contributed by atoms with Crippen molar-refractivity contribution in [2.24, 2.45) is 17.8 Å². The SMILES string of the molecule is COCCC1C(C)C/C=C/[C@@](CN2CCN(C3COC3)CC2)(OC)C2CCC2CN2C[C@@]3(CCCc4cc(Cl)ccc43)COc3ccc(cc32)C(=O)NS1=O. The zero-order valence-electron chi connectivity index (χ0n) is 32.8.